The highest BCUT2D eigenvalue weighted by molar-refractivity contribution is 6.23. The van der Waals surface area contributed by atoms with Crippen LogP contribution in [-0.4, -0.2) is 0 Å². The molecule has 1 aromatic rings. The molecule has 0 saturated heterocycles. The lowest BCUT2D eigenvalue weighted by Crippen LogP contribution is -2.06. The van der Waals surface area contributed by atoms with Crippen LogP contribution in [0.4, 0.5) is 0 Å². The molecule has 0 spiro atoms. The first-order valence-electron chi connectivity index (χ1n) is 4.16. The van der Waals surface area contributed by atoms with Gasteiger partial charge in [-0.15, -0.1) is 23.2 Å². The molecule has 2 unspecified atom stereocenters. The van der Waals surface area contributed by atoms with Crippen molar-refractivity contribution in [3.8, 4) is 0 Å². The average molecular weight is 201 g/mol. The van der Waals surface area contributed by atoms with Crippen LogP contribution in [0.1, 0.15) is 34.7 Å². The SMILES string of the molecule is ClC1CCC(Cl)c2ccccc21. The molecule has 0 N–H and O–H groups in total. The summed E-state index contributed by atoms with van der Waals surface area (Å²) in [7, 11) is 0. The Balaban J connectivity index is 2.47. The van der Waals surface area contributed by atoms with Gasteiger partial charge in [-0.3, -0.25) is 0 Å². The number of alkyl halides is 2. The van der Waals surface area contributed by atoms with E-state index >= 15 is 0 Å². The van der Waals surface area contributed by atoms with Crippen molar-refractivity contribution in [1.29, 1.82) is 0 Å². The van der Waals surface area contributed by atoms with E-state index in [9.17, 15) is 0 Å². The van der Waals surface area contributed by atoms with Crippen molar-refractivity contribution < 1.29 is 0 Å². The Labute approximate surface area is 82.5 Å². The number of rotatable bonds is 0. The summed E-state index contributed by atoms with van der Waals surface area (Å²) in [6, 6.07) is 8.18. The fourth-order valence-corrected chi connectivity index (χ4v) is 2.33. The first-order chi connectivity index (χ1) is 5.79. The summed E-state index contributed by atoms with van der Waals surface area (Å²) in [5.41, 5.74) is 2.43. The smallest absolute Gasteiger partial charge is 0.0589 e. The van der Waals surface area contributed by atoms with Gasteiger partial charge in [0.15, 0.2) is 0 Å². The summed E-state index contributed by atoms with van der Waals surface area (Å²) in [6.07, 6.45) is 1.99. The van der Waals surface area contributed by atoms with Crippen molar-refractivity contribution in [2.24, 2.45) is 0 Å². The van der Waals surface area contributed by atoms with Crippen LogP contribution in [0.25, 0.3) is 0 Å². The maximum atomic E-state index is 6.15. The first kappa shape index (κ1) is 8.40. The van der Waals surface area contributed by atoms with Gasteiger partial charge in [0.05, 0.1) is 10.8 Å². The number of halogens is 2. The Morgan fingerprint density at radius 2 is 1.33 bits per heavy atom. The molecule has 2 atom stereocenters. The van der Waals surface area contributed by atoms with Crippen LogP contribution < -0.4 is 0 Å². The molecule has 1 aliphatic carbocycles. The topological polar surface area (TPSA) is 0 Å². The van der Waals surface area contributed by atoms with E-state index in [0.29, 0.717) is 0 Å². The van der Waals surface area contributed by atoms with Crippen LogP contribution in [0, 0.1) is 0 Å². The summed E-state index contributed by atoms with van der Waals surface area (Å²) in [4.78, 5) is 0. The first-order valence-corrected chi connectivity index (χ1v) is 5.03. The van der Waals surface area contributed by atoms with Crippen LogP contribution in [0.5, 0.6) is 0 Å². The Morgan fingerprint density at radius 3 is 1.75 bits per heavy atom. The number of hydrogen-bond donors (Lipinski definition) is 0. The molecule has 0 aromatic heterocycles. The van der Waals surface area contributed by atoms with Crippen molar-refractivity contribution >= 4 is 23.2 Å². The molecular weight excluding hydrogens is 191 g/mol. The van der Waals surface area contributed by atoms with Gasteiger partial charge < -0.3 is 0 Å². The predicted octanol–water partition coefficient (Wildman–Crippen LogP) is 4.04. The monoisotopic (exact) mass is 200 g/mol. The Morgan fingerprint density at radius 1 is 0.917 bits per heavy atom. The molecule has 0 fully saturated rings. The van der Waals surface area contributed by atoms with Crippen LogP contribution in [0.2, 0.25) is 0 Å². The molecule has 0 bridgehead atoms. The third kappa shape index (κ3) is 1.34. The summed E-state index contributed by atoms with van der Waals surface area (Å²) in [5, 5.41) is 0.326. The largest absolute Gasteiger partial charge is 0.118 e. The lowest BCUT2D eigenvalue weighted by molar-refractivity contribution is 0.651. The van der Waals surface area contributed by atoms with E-state index in [1.54, 1.807) is 0 Å². The lowest BCUT2D eigenvalue weighted by atomic mass is 9.91. The molecule has 0 nitrogen and oxygen atoms in total. The predicted molar refractivity (Wildman–Crippen MR) is 52.9 cm³/mol. The van der Waals surface area contributed by atoms with Crippen molar-refractivity contribution in [1.82, 2.24) is 0 Å². The number of hydrogen-bond acceptors (Lipinski definition) is 0. The van der Waals surface area contributed by atoms with E-state index in [4.69, 9.17) is 23.2 Å². The molecule has 2 rings (SSSR count). The van der Waals surface area contributed by atoms with Crippen LogP contribution in [0.3, 0.4) is 0 Å². The lowest BCUT2D eigenvalue weighted by Gasteiger charge is -2.24. The molecule has 0 aliphatic heterocycles. The van der Waals surface area contributed by atoms with E-state index in [0.717, 1.165) is 12.8 Å². The van der Waals surface area contributed by atoms with Gasteiger partial charge in [0.25, 0.3) is 0 Å². The van der Waals surface area contributed by atoms with E-state index in [-0.39, 0.29) is 10.8 Å². The second kappa shape index (κ2) is 3.27. The fraction of sp³-hybridized carbons (Fsp3) is 0.400. The minimum atomic E-state index is 0.163. The van der Waals surface area contributed by atoms with E-state index < -0.39 is 0 Å². The van der Waals surface area contributed by atoms with Gasteiger partial charge in [-0.1, -0.05) is 24.3 Å². The van der Waals surface area contributed by atoms with Crippen LogP contribution >= 0.6 is 23.2 Å². The minimum absolute atomic E-state index is 0.163. The van der Waals surface area contributed by atoms with Gasteiger partial charge in [-0.25, -0.2) is 0 Å². The fourth-order valence-electron chi connectivity index (χ4n) is 1.69. The number of fused-ring (bicyclic) bond motifs is 1. The van der Waals surface area contributed by atoms with E-state index in [1.165, 1.54) is 11.1 Å². The Hall–Kier alpha value is -0.200. The van der Waals surface area contributed by atoms with Crippen LogP contribution in [-0.2, 0) is 0 Å². The zero-order valence-electron chi connectivity index (χ0n) is 6.63. The van der Waals surface area contributed by atoms with E-state index in [1.807, 2.05) is 12.1 Å². The second-order valence-electron chi connectivity index (χ2n) is 3.14. The second-order valence-corrected chi connectivity index (χ2v) is 4.19. The van der Waals surface area contributed by atoms with Crippen molar-refractivity contribution in [3.63, 3.8) is 0 Å². The molecule has 1 aromatic carbocycles. The van der Waals surface area contributed by atoms with Crippen molar-refractivity contribution in [2.75, 3.05) is 0 Å². The zero-order chi connectivity index (χ0) is 8.55. The summed E-state index contributed by atoms with van der Waals surface area (Å²) < 4.78 is 0. The summed E-state index contributed by atoms with van der Waals surface area (Å²) in [5.74, 6) is 0. The maximum absolute atomic E-state index is 6.15. The quantitative estimate of drug-likeness (QED) is 0.555. The van der Waals surface area contributed by atoms with E-state index in [2.05, 4.69) is 12.1 Å². The van der Waals surface area contributed by atoms with Crippen molar-refractivity contribution in [3.05, 3.63) is 35.4 Å². The highest BCUT2D eigenvalue weighted by Gasteiger charge is 2.23. The van der Waals surface area contributed by atoms with Gasteiger partial charge >= 0.3 is 0 Å². The molecule has 0 amide bonds. The standard InChI is InChI=1S/C10H10Cl2/c11-9-5-6-10(12)8-4-2-1-3-7(8)9/h1-4,9-10H,5-6H2. The normalized spacial score (nSPS) is 28.2. The number of benzene rings is 1. The highest BCUT2D eigenvalue weighted by Crippen LogP contribution is 2.42. The molecule has 0 heterocycles. The summed E-state index contributed by atoms with van der Waals surface area (Å²) >= 11 is 12.3. The van der Waals surface area contributed by atoms with Gasteiger partial charge in [-0.2, -0.15) is 0 Å². The Bertz CT molecular complexity index is 254. The van der Waals surface area contributed by atoms with Crippen molar-refractivity contribution in [2.45, 2.75) is 23.6 Å². The molecule has 0 radical (unpaired) electrons. The molecule has 2 heteroatoms. The molecule has 0 saturated carbocycles. The van der Waals surface area contributed by atoms with Gasteiger partial charge in [0.1, 0.15) is 0 Å². The van der Waals surface area contributed by atoms with Gasteiger partial charge in [-0.05, 0) is 24.0 Å². The molecule has 64 valence electrons. The molecule has 1 aliphatic rings. The van der Waals surface area contributed by atoms with Gasteiger partial charge in [0.2, 0.25) is 0 Å². The van der Waals surface area contributed by atoms with Crippen LogP contribution in [0.15, 0.2) is 24.3 Å². The average Bonchev–Trinajstić information content (AvgIpc) is 2.12. The maximum Gasteiger partial charge on any atom is 0.0589 e. The summed E-state index contributed by atoms with van der Waals surface area (Å²) in [6.45, 7) is 0. The minimum Gasteiger partial charge on any atom is -0.118 e. The van der Waals surface area contributed by atoms with Gasteiger partial charge in [0, 0.05) is 0 Å². The zero-order valence-corrected chi connectivity index (χ0v) is 8.15. The third-order valence-electron chi connectivity index (χ3n) is 2.34. The Kier molecular flexibility index (Phi) is 2.29. The molecular formula is C10H10Cl2. The highest BCUT2D eigenvalue weighted by atomic mass is 35.5. The third-order valence-corrected chi connectivity index (χ3v) is 3.25. The molecule has 12 heavy (non-hydrogen) atoms.